The van der Waals surface area contributed by atoms with Crippen LogP contribution in [0, 0.1) is 5.92 Å². The van der Waals surface area contributed by atoms with Crippen molar-refractivity contribution in [1.82, 2.24) is 0 Å². The molecular weight excluding hydrogens is 605 g/mol. The predicted molar refractivity (Wildman–Crippen MR) is 211 cm³/mol. The lowest BCUT2D eigenvalue weighted by atomic mass is 9.80. The van der Waals surface area contributed by atoms with Gasteiger partial charge < -0.3 is 10.2 Å². The molecule has 5 atom stereocenters. The van der Waals surface area contributed by atoms with Crippen LogP contribution in [-0.4, -0.2) is 12.1 Å². The molecule has 0 amide bonds. The molecule has 0 saturated carbocycles. The van der Waals surface area contributed by atoms with Gasteiger partial charge in [0.15, 0.2) is 0 Å². The van der Waals surface area contributed by atoms with Crippen molar-refractivity contribution in [3.8, 4) is 11.1 Å². The van der Waals surface area contributed by atoms with E-state index in [0.717, 1.165) is 12.1 Å². The summed E-state index contributed by atoms with van der Waals surface area (Å²) in [4.78, 5) is 2.49. The molecule has 5 aromatic carbocycles. The number of allylic oxidation sites excluding steroid dienone is 8. The first-order valence-electron chi connectivity index (χ1n) is 17.9. The van der Waals surface area contributed by atoms with Gasteiger partial charge in [0.1, 0.15) is 0 Å². The Morgan fingerprint density at radius 1 is 0.560 bits per heavy atom. The lowest BCUT2D eigenvalue weighted by Gasteiger charge is -2.31. The quantitative estimate of drug-likeness (QED) is 0.190. The minimum absolute atomic E-state index is 0.142. The van der Waals surface area contributed by atoms with Gasteiger partial charge >= 0.3 is 0 Å². The van der Waals surface area contributed by atoms with Crippen LogP contribution in [0.3, 0.4) is 0 Å². The van der Waals surface area contributed by atoms with E-state index in [9.17, 15) is 0 Å². The van der Waals surface area contributed by atoms with E-state index in [1.807, 2.05) is 0 Å². The van der Waals surface area contributed by atoms with Crippen LogP contribution in [0.2, 0.25) is 0 Å². The molecule has 0 aromatic heterocycles. The van der Waals surface area contributed by atoms with Crippen LogP contribution in [-0.2, 0) is 0 Å². The van der Waals surface area contributed by atoms with Crippen LogP contribution in [0.1, 0.15) is 34.9 Å². The molecule has 0 fully saturated rings. The van der Waals surface area contributed by atoms with Gasteiger partial charge in [0, 0.05) is 34.8 Å². The number of anilines is 3. The first-order chi connectivity index (χ1) is 24.8. The zero-order valence-corrected chi connectivity index (χ0v) is 28.0. The van der Waals surface area contributed by atoms with Crippen molar-refractivity contribution in [3.63, 3.8) is 0 Å². The molecule has 0 spiro atoms. The SMILES string of the molecule is C1=CCC(C2=CC(c3ccc(-c4ccccc4)cc3)C(Nc3ccc(C4=CC5c6ccccc6N(c6ccccc6)C5C=C4)cc3)C=C2)C=C1. The second-order valence-electron chi connectivity index (χ2n) is 13.7. The Hall–Kier alpha value is -5.86. The van der Waals surface area contributed by atoms with Crippen molar-refractivity contribution in [3.05, 3.63) is 216 Å². The van der Waals surface area contributed by atoms with Crippen LogP contribution in [0.5, 0.6) is 0 Å². The normalized spacial score (nSPS) is 23.2. The van der Waals surface area contributed by atoms with Crippen molar-refractivity contribution in [1.29, 1.82) is 0 Å². The second kappa shape index (κ2) is 13.2. The van der Waals surface area contributed by atoms with E-state index in [1.54, 1.807) is 0 Å². The summed E-state index contributed by atoms with van der Waals surface area (Å²) in [6, 6.07) is 48.9. The Balaban J connectivity index is 0.965. The molecule has 0 bridgehead atoms. The molecule has 242 valence electrons. The molecule has 2 nitrogen and oxygen atoms in total. The molecule has 0 saturated heterocycles. The third-order valence-corrected chi connectivity index (χ3v) is 10.7. The molecule has 5 unspecified atom stereocenters. The number of para-hydroxylation sites is 2. The maximum absolute atomic E-state index is 3.90. The average molecular weight is 645 g/mol. The fourth-order valence-corrected chi connectivity index (χ4v) is 8.13. The van der Waals surface area contributed by atoms with Gasteiger partial charge in [-0.2, -0.15) is 0 Å². The number of nitrogens with zero attached hydrogens (tertiary/aromatic N) is 1. The standard InChI is InChI=1S/C48H40N2/c1-4-12-34(13-5-1)36-20-22-38(23-21-36)44-32-39(35-14-6-2-7-15-35)26-30-46(44)49-41-28-24-37(25-29-41)40-27-31-48-45(33-40)43-18-10-11-19-47(43)50(48)42-16-8-3-9-17-42/h1-14,16-33,35,44-46,48-49H,15H2. The Morgan fingerprint density at radius 2 is 1.28 bits per heavy atom. The lowest BCUT2D eigenvalue weighted by molar-refractivity contribution is 0.708. The van der Waals surface area contributed by atoms with E-state index in [-0.39, 0.29) is 18.0 Å². The first-order valence-corrected chi connectivity index (χ1v) is 17.9. The van der Waals surface area contributed by atoms with Crippen molar-refractivity contribution in [2.24, 2.45) is 5.92 Å². The average Bonchev–Trinajstić information content (AvgIpc) is 3.53. The summed E-state index contributed by atoms with van der Waals surface area (Å²) < 4.78 is 0. The van der Waals surface area contributed by atoms with Crippen LogP contribution >= 0.6 is 0 Å². The van der Waals surface area contributed by atoms with Gasteiger partial charge in [0.25, 0.3) is 0 Å². The van der Waals surface area contributed by atoms with Crippen LogP contribution < -0.4 is 10.2 Å². The van der Waals surface area contributed by atoms with Gasteiger partial charge in [-0.1, -0.05) is 164 Å². The first kappa shape index (κ1) is 30.2. The Morgan fingerprint density at radius 3 is 2.06 bits per heavy atom. The van der Waals surface area contributed by atoms with E-state index in [0.29, 0.717) is 11.8 Å². The predicted octanol–water partition coefficient (Wildman–Crippen LogP) is 11.8. The van der Waals surface area contributed by atoms with Crippen molar-refractivity contribution in [2.75, 3.05) is 10.2 Å². The highest BCUT2D eigenvalue weighted by atomic mass is 15.2. The van der Waals surface area contributed by atoms with E-state index in [1.165, 1.54) is 50.3 Å². The molecule has 1 heterocycles. The van der Waals surface area contributed by atoms with Crippen LogP contribution in [0.15, 0.2) is 200 Å². The molecule has 4 aliphatic rings. The summed E-state index contributed by atoms with van der Waals surface area (Å²) in [5.74, 6) is 0.946. The highest BCUT2D eigenvalue weighted by molar-refractivity contribution is 5.83. The molecule has 2 heteroatoms. The summed E-state index contributed by atoms with van der Waals surface area (Å²) in [5.41, 5.74) is 12.8. The molecule has 3 aliphatic carbocycles. The third kappa shape index (κ3) is 5.77. The fraction of sp³-hybridized carbons (Fsp3) is 0.125. The number of hydrogen-bond acceptors (Lipinski definition) is 2. The molecule has 50 heavy (non-hydrogen) atoms. The summed E-state index contributed by atoms with van der Waals surface area (Å²) in [5, 5.41) is 3.90. The maximum atomic E-state index is 3.90. The maximum Gasteiger partial charge on any atom is 0.0630 e. The fourth-order valence-electron chi connectivity index (χ4n) is 8.13. The number of hydrogen-bond donors (Lipinski definition) is 1. The zero-order valence-electron chi connectivity index (χ0n) is 28.0. The molecule has 1 N–H and O–H groups in total. The van der Waals surface area contributed by atoms with Gasteiger partial charge in [-0.25, -0.2) is 0 Å². The molecule has 0 radical (unpaired) electrons. The van der Waals surface area contributed by atoms with Crippen molar-refractivity contribution in [2.45, 2.75) is 30.3 Å². The van der Waals surface area contributed by atoms with Gasteiger partial charge in [-0.3, -0.25) is 0 Å². The Labute approximate surface area is 295 Å². The van der Waals surface area contributed by atoms with E-state index < -0.39 is 0 Å². The zero-order chi connectivity index (χ0) is 33.3. The highest BCUT2D eigenvalue weighted by Gasteiger charge is 2.38. The topological polar surface area (TPSA) is 15.3 Å². The lowest BCUT2D eigenvalue weighted by Crippen LogP contribution is -2.28. The summed E-state index contributed by atoms with van der Waals surface area (Å²) in [7, 11) is 0. The Bertz CT molecular complexity index is 2170. The van der Waals surface area contributed by atoms with E-state index in [4.69, 9.17) is 0 Å². The summed E-state index contributed by atoms with van der Waals surface area (Å²) >= 11 is 0. The number of rotatable bonds is 7. The molecule has 9 rings (SSSR count). The highest BCUT2D eigenvalue weighted by Crippen LogP contribution is 2.49. The molecule has 5 aromatic rings. The van der Waals surface area contributed by atoms with Gasteiger partial charge in [0.2, 0.25) is 0 Å². The van der Waals surface area contributed by atoms with Crippen molar-refractivity contribution < 1.29 is 0 Å². The summed E-state index contributed by atoms with van der Waals surface area (Å²) in [6.45, 7) is 0. The Kier molecular flexibility index (Phi) is 7.99. The number of benzene rings is 5. The molecule has 1 aliphatic heterocycles. The van der Waals surface area contributed by atoms with Gasteiger partial charge in [0.05, 0.1) is 12.1 Å². The molecular formula is C48H40N2. The van der Waals surface area contributed by atoms with Crippen LogP contribution in [0.25, 0.3) is 16.7 Å². The van der Waals surface area contributed by atoms with Crippen molar-refractivity contribution >= 4 is 22.6 Å². The number of nitrogens with one attached hydrogen (secondary N) is 1. The van der Waals surface area contributed by atoms with Gasteiger partial charge in [-0.05, 0) is 75.7 Å². The van der Waals surface area contributed by atoms with E-state index in [2.05, 4.69) is 204 Å². The number of fused-ring (bicyclic) bond motifs is 3. The summed E-state index contributed by atoms with van der Waals surface area (Å²) in [6.07, 6.45) is 24.4. The van der Waals surface area contributed by atoms with Crippen LogP contribution in [0.4, 0.5) is 17.1 Å². The second-order valence-corrected chi connectivity index (χ2v) is 13.7. The third-order valence-electron chi connectivity index (χ3n) is 10.7. The smallest absolute Gasteiger partial charge is 0.0630 e. The monoisotopic (exact) mass is 644 g/mol. The largest absolute Gasteiger partial charge is 0.378 e. The minimum atomic E-state index is 0.142. The minimum Gasteiger partial charge on any atom is -0.378 e. The van der Waals surface area contributed by atoms with E-state index >= 15 is 0 Å². The van der Waals surface area contributed by atoms with Gasteiger partial charge in [-0.15, -0.1) is 0 Å².